The Morgan fingerprint density at radius 3 is 2.10 bits per heavy atom. The monoisotopic (exact) mass is 271 g/mol. The summed E-state index contributed by atoms with van der Waals surface area (Å²) in [5.41, 5.74) is 0.893. The van der Waals surface area contributed by atoms with Crippen molar-refractivity contribution in [2.75, 3.05) is 0 Å². The first-order chi connectivity index (χ1) is 10.2. The van der Waals surface area contributed by atoms with Crippen LogP contribution in [0, 0.1) is 0 Å². The predicted molar refractivity (Wildman–Crippen MR) is 84.9 cm³/mol. The Morgan fingerprint density at radius 2 is 1.38 bits per heavy atom. The molecular formula is C19H11O2. The minimum atomic E-state index is -1.18. The average molecular weight is 271 g/mol. The molecule has 0 heterocycles. The zero-order valence-corrected chi connectivity index (χ0v) is 11.2. The molecule has 0 saturated carbocycles. The van der Waals surface area contributed by atoms with Crippen molar-refractivity contribution >= 4 is 44.4 Å². The molecule has 0 aliphatic carbocycles. The molecule has 0 unspecified atom stereocenters. The molecule has 0 aliphatic rings. The number of rotatable bonds is 2. The summed E-state index contributed by atoms with van der Waals surface area (Å²) in [5.74, 6) is -1.18. The highest BCUT2D eigenvalue weighted by atomic mass is 16.4. The Morgan fingerprint density at radius 1 is 0.762 bits per heavy atom. The molecule has 99 valence electrons. The zero-order chi connectivity index (χ0) is 14.4. The number of carbonyl (C=O) groups is 1. The maximum atomic E-state index is 10.6. The molecule has 0 atom stereocenters. The molecule has 4 rings (SSSR count). The van der Waals surface area contributed by atoms with Crippen LogP contribution in [0.2, 0.25) is 0 Å². The fourth-order valence-corrected chi connectivity index (χ4v) is 3.06. The lowest BCUT2D eigenvalue weighted by molar-refractivity contribution is -0.137. The molecule has 0 amide bonds. The van der Waals surface area contributed by atoms with Crippen LogP contribution >= 0.6 is 0 Å². The Kier molecular flexibility index (Phi) is 2.45. The summed E-state index contributed by atoms with van der Waals surface area (Å²) in [6, 6.07) is 18.6. The van der Waals surface area contributed by atoms with Crippen LogP contribution in [0.1, 0.15) is 5.56 Å². The van der Waals surface area contributed by atoms with E-state index in [1.807, 2.05) is 12.1 Å². The van der Waals surface area contributed by atoms with Crippen molar-refractivity contribution in [1.82, 2.24) is 0 Å². The van der Waals surface area contributed by atoms with Crippen molar-refractivity contribution in [3.63, 3.8) is 0 Å². The Hall–Kier alpha value is -2.87. The quantitative estimate of drug-likeness (QED) is 0.389. The lowest BCUT2D eigenvalue weighted by Crippen LogP contribution is -1.87. The topological polar surface area (TPSA) is 37.0 Å². The van der Waals surface area contributed by atoms with Gasteiger partial charge in [-0.05, 0) is 44.0 Å². The third-order valence-electron chi connectivity index (χ3n) is 3.96. The van der Waals surface area contributed by atoms with E-state index in [0.29, 0.717) is 0 Å². The molecule has 0 N–H and O–H groups in total. The van der Waals surface area contributed by atoms with Crippen molar-refractivity contribution in [2.45, 2.75) is 0 Å². The molecule has 0 saturated heterocycles. The van der Waals surface area contributed by atoms with Gasteiger partial charge in [-0.25, -0.2) is 9.90 Å². The van der Waals surface area contributed by atoms with Crippen LogP contribution in [-0.2, 0) is 9.90 Å². The molecule has 0 spiro atoms. The maximum Gasteiger partial charge on any atom is 0.379 e. The van der Waals surface area contributed by atoms with Crippen molar-refractivity contribution < 1.29 is 9.90 Å². The van der Waals surface area contributed by atoms with Gasteiger partial charge in [-0.15, -0.1) is 0 Å². The fraction of sp³-hybridized carbons (Fsp3) is 0. The molecule has 0 aliphatic heterocycles. The number of benzene rings is 4. The molecular weight excluding hydrogens is 260 g/mol. The van der Waals surface area contributed by atoms with E-state index in [-0.39, 0.29) is 0 Å². The van der Waals surface area contributed by atoms with Crippen LogP contribution in [0.3, 0.4) is 0 Å². The summed E-state index contributed by atoms with van der Waals surface area (Å²) in [4.78, 5) is 10.6. The van der Waals surface area contributed by atoms with Gasteiger partial charge in [0.15, 0.2) is 0 Å². The molecule has 2 heteroatoms. The highest BCUT2D eigenvalue weighted by Crippen LogP contribution is 2.36. The van der Waals surface area contributed by atoms with E-state index in [0.717, 1.165) is 17.0 Å². The maximum absolute atomic E-state index is 10.6. The third-order valence-corrected chi connectivity index (χ3v) is 3.96. The van der Waals surface area contributed by atoms with E-state index < -0.39 is 5.97 Å². The van der Waals surface area contributed by atoms with E-state index in [2.05, 4.69) is 42.5 Å². The minimum absolute atomic E-state index is 0.893. The van der Waals surface area contributed by atoms with Gasteiger partial charge in [0, 0.05) is 6.08 Å². The number of hydrogen-bond acceptors (Lipinski definition) is 1. The fourth-order valence-electron chi connectivity index (χ4n) is 3.06. The van der Waals surface area contributed by atoms with Gasteiger partial charge >= 0.3 is 5.97 Å². The molecule has 0 fully saturated rings. The highest BCUT2D eigenvalue weighted by molar-refractivity contribution is 6.24. The lowest BCUT2D eigenvalue weighted by atomic mass is 9.92. The van der Waals surface area contributed by atoms with Gasteiger partial charge in [-0.1, -0.05) is 54.6 Å². The van der Waals surface area contributed by atoms with Crippen molar-refractivity contribution in [3.05, 3.63) is 66.2 Å². The normalized spacial score (nSPS) is 12.0. The largest absolute Gasteiger partial charge is 0.379 e. The summed E-state index contributed by atoms with van der Waals surface area (Å²) in [7, 11) is 0. The second kappa shape index (κ2) is 4.32. The smallest absolute Gasteiger partial charge is 0.242 e. The van der Waals surface area contributed by atoms with E-state index >= 15 is 0 Å². The molecule has 4 aromatic carbocycles. The van der Waals surface area contributed by atoms with Crippen molar-refractivity contribution in [2.24, 2.45) is 0 Å². The Balaban J connectivity index is 2.18. The first-order valence-corrected chi connectivity index (χ1v) is 6.79. The SMILES string of the molecule is [O]C(=O)C=Cc1ccc2ccc3cccc4ccc1c2c34. The summed E-state index contributed by atoms with van der Waals surface area (Å²) in [6.45, 7) is 0. The number of carbonyl (C=O) groups excluding carboxylic acids is 1. The number of hydrogen-bond donors (Lipinski definition) is 0. The summed E-state index contributed by atoms with van der Waals surface area (Å²) < 4.78 is 0. The summed E-state index contributed by atoms with van der Waals surface area (Å²) in [6.07, 6.45) is 2.67. The molecule has 2 nitrogen and oxygen atoms in total. The van der Waals surface area contributed by atoms with Crippen molar-refractivity contribution in [1.29, 1.82) is 0 Å². The van der Waals surface area contributed by atoms with Gasteiger partial charge in [-0.2, -0.15) is 0 Å². The Bertz CT molecular complexity index is 996. The molecule has 1 radical (unpaired) electrons. The van der Waals surface area contributed by atoms with Gasteiger partial charge in [0.25, 0.3) is 0 Å². The van der Waals surface area contributed by atoms with E-state index in [9.17, 15) is 9.90 Å². The zero-order valence-electron chi connectivity index (χ0n) is 11.2. The third kappa shape index (κ3) is 1.77. The van der Waals surface area contributed by atoms with Crippen LogP contribution in [0.15, 0.2) is 60.7 Å². The summed E-state index contributed by atoms with van der Waals surface area (Å²) in [5, 5.41) is 17.7. The van der Waals surface area contributed by atoms with Crippen LogP contribution < -0.4 is 0 Å². The standard InChI is InChI=1S/C19H11O2/c20-17(21)11-9-12-4-5-15-7-6-13-2-1-3-14-8-10-16(12)19(15)18(13)14/h1-11H. The Labute approximate surface area is 121 Å². The minimum Gasteiger partial charge on any atom is -0.242 e. The average Bonchev–Trinajstić information content (AvgIpc) is 2.51. The van der Waals surface area contributed by atoms with Crippen LogP contribution in [-0.4, -0.2) is 5.97 Å². The van der Waals surface area contributed by atoms with Gasteiger partial charge in [-0.3, -0.25) is 0 Å². The van der Waals surface area contributed by atoms with E-state index in [1.165, 1.54) is 26.9 Å². The van der Waals surface area contributed by atoms with Crippen LogP contribution in [0.25, 0.3) is 38.4 Å². The molecule has 4 aromatic rings. The van der Waals surface area contributed by atoms with Crippen LogP contribution in [0.5, 0.6) is 0 Å². The summed E-state index contributed by atoms with van der Waals surface area (Å²) >= 11 is 0. The van der Waals surface area contributed by atoms with E-state index in [4.69, 9.17) is 0 Å². The lowest BCUT2D eigenvalue weighted by Gasteiger charge is -2.12. The van der Waals surface area contributed by atoms with Crippen molar-refractivity contribution in [3.8, 4) is 0 Å². The molecule has 21 heavy (non-hydrogen) atoms. The molecule has 0 bridgehead atoms. The van der Waals surface area contributed by atoms with Gasteiger partial charge in [0.1, 0.15) is 0 Å². The van der Waals surface area contributed by atoms with Gasteiger partial charge in [0.2, 0.25) is 0 Å². The van der Waals surface area contributed by atoms with Gasteiger partial charge in [0.05, 0.1) is 0 Å². The first kappa shape index (κ1) is 11.9. The second-order valence-corrected chi connectivity index (χ2v) is 5.16. The van der Waals surface area contributed by atoms with E-state index in [1.54, 1.807) is 6.08 Å². The predicted octanol–water partition coefficient (Wildman–Crippen LogP) is 4.55. The van der Waals surface area contributed by atoms with Gasteiger partial charge < -0.3 is 0 Å². The highest BCUT2D eigenvalue weighted by Gasteiger charge is 2.09. The first-order valence-electron chi connectivity index (χ1n) is 6.79. The molecule has 0 aromatic heterocycles. The van der Waals surface area contributed by atoms with Crippen LogP contribution in [0.4, 0.5) is 0 Å². The second-order valence-electron chi connectivity index (χ2n) is 5.16.